The number of anilines is 1. The highest BCUT2D eigenvalue weighted by atomic mass is 16.6. The summed E-state index contributed by atoms with van der Waals surface area (Å²) < 4.78 is 4.65. The highest BCUT2D eigenvalue weighted by Crippen LogP contribution is 2.22. The Balaban J connectivity index is 2.40. The van der Waals surface area contributed by atoms with Gasteiger partial charge in [0, 0.05) is 30.2 Å². The van der Waals surface area contributed by atoms with Gasteiger partial charge in [0.05, 0.1) is 23.3 Å². The first-order valence-corrected chi connectivity index (χ1v) is 7.17. The van der Waals surface area contributed by atoms with Crippen LogP contribution in [0.4, 0.5) is 11.4 Å². The average molecular weight is 338 g/mol. The number of ether oxygens (including phenoxy) is 1. The van der Waals surface area contributed by atoms with Crippen LogP contribution in [-0.4, -0.2) is 23.9 Å². The molecule has 126 valence electrons. The number of amides is 1. The van der Waals surface area contributed by atoms with E-state index in [1.54, 1.807) is 24.3 Å². The second-order valence-corrected chi connectivity index (χ2v) is 4.99. The lowest BCUT2D eigenvalue weighted by Gasteiger charge is -2.05. The number of nitrogens with one attached hydrogen (secondary N) is 1. The van der Waals surface area contributed by atoms with Crippen molar-refractivity contribution in [2.75, 3.05) is 12.4 Å². The molecule has 0 aliphatic heterocycles. The summed E-state index contributed by atoms with van der Waals surface area (Å²) in [6, 6.07) is 10.6. The van der Waals surface area contributed by atoms with E-state index in [4.69, 9.17) is 0 Å². The van der Waals surface area contributed by atoms with Gasteiger partial charge in [0.15, 0.2) is 0 Å². The molecule has 0 aliphatic carbocycles. The van der Waals surface area contributed by atoms with Gasteiger partial charge in [-0.05, 0) is 24.3 Å². The molecule has 0 saturated carbocycles. The maximum atomic E-state index is 11.5. The van der Waals surface area contributed by atoms with E-state index in [-0.39, 0.29) is 17.3 Å². The monoisotopic (exact) mass is 338 g/mol. The third-order valence-corrected chi connectivity index (χ3v) is 3.15. The summed E-state index contributed by atoms with van der Waals surface area (Å²) in [6.45, 7) is 1.30. The number of esters is 1. The number of nitrogens with zero attached hydrogens (tertiary/aromatic N) is 1. The Labute approximate surface area is 143 Å². The summed E-state index contributed by atoms with van der Waals surface area (Å²) in [4.78, 5) is 33.1. The fraction of sp³-hybridized carbons (Fsp3) is 0.111. The number of methoxy groups -OCH3 is 1. The van der Waals surface area contributed by atoms with E-state index < -0.39 is 10.9 Å². The molecule has 0 heterocycles. The molecule has 1 N–H and O–H groups in total. The fourth-order valence-electron chi connectivity index (χ4n) is 2.03. The van der Waals surface area contributed by atoms with Gasteiger partial charge in [0.25, 0.3) is 5.69 Å². The number of nitro benzene ring substituents is 1. The Bertz CT molecular complexity index is 909. The van der Waals surface area contributed by atoms with Gasteiger partial charge >= 0.3 is 5.97 Å². The van der Waals surface area contributed by atoms with E-state index in [1.807, 2.05) is 0 Å². The van der Waals surface area contributed by atoms with Gasteiger partial charge in [0.1, 0.15) is 0 Å². The van der Waals surface area contributed by atoms with E-state index >= 15 is 0 Å². The second-order valence-electron chi connectivity index (χ2n) is 4.99. The van der Waals surface area contributed by atoms with E-state index in [2.05, 4.69) is 21.9 Å². The zero-order valence-corrected chi connectivity index (χ0v) is 13.5. The lowest BCUT2D eigenvalue weighted by Crippen LogP contribution is -2.07. The molecule has 0 aliphatic rings. The Morgan fingerprint density at radius 1 is 1.16 bits per heavy atom. The molecular formula is C18H14N2O5. The molecule has 1 amide bonds. The molecule has 25 heavy (non-hydrogen) atoms. The minimum Gasteiger partial charge on any atom is -0.465 e. The Hall–Kier alpha value is -3.66. The van der Waals surface area contributed by atoms with Crippen LogP contribution in [0.5, 0.6) is 0 Å². The maximum Gasteiger partial charge on any atom is 0.337 e. The van der Waals surface area contributed by atoms with E-state index in [1.165, 1.54) is 32.2 Å². The summed E-state index contributed by atoms with van der Waals surface area (Å²) >= 11 is 0. The van der Waals surface area contributed by atoms with Crippen molar-refractivity contribution in [2.45, 2.75) is 6.92 Å². The third kappa shape index (κ3) is 4.65. The zero-order chi connectivity index (χ0) is 18.4. The fourth-order valence-corrected chi connectivity index (χ4v) is 2.03. The van der Waals surface area contributed by atoms with Crippen LogP contribution in [0.25, 0.3) is 0 Å². The first-order valence-electron chi connectivity index (χ1n) is 7.17. The van der Waals surface area contributed by atoms with Crippen LogP contribution in [0, 0.1) is 22.0 Å². The minimum absolute atomic E-state index is 0.151. The highest BCUT2D eigenvalue weighted by molar-refractivity contribution is 5.91. The van der Waals surface area contributed by atoms with Crippen LogP contribution in [-0.2, 0) is 9.53 Å². The van der Waals surface area contributed by atoms with Gasteiger partial charge in [-0.1, -0.05) is 17.9 Å². The maximum absolute atomic E-state index is 11.5. The van der Waals surface area contributed by atoms with Crippen molar-refractivity contribution < 1.29 is 19.2 Å². The first kappa shape index (κ1) is 17.7. The molecule has 0 radical (unpaired) electrons. The molecule has 0 atom stereocenters. The van der Waals surface area contributed by atoms with Crippen molar-refractivity contribution in [3.05, 3.63) is 69.3 Å². The standard InChI is InChI=1S/C18H14N2O5/c1-12(21)19-17-11-16(20(23)24)9-8-14(17)7-6-13-4-3-5-15(10-13)18(22)25-2/h3-5,8-11H,1-2H3,(H,19,21). The highest BCUT2D eigenvalue weighted by Gasteiger charge is 2.11. The van der Waals surface area contributed by atoms with Crippen LogP contribution in [0.1, 0.15) is 28.4 Å². The number of carbonyl (C=O) groups is 2. The van der Waals surface area contributed by atoms with Crippen molar-refractivity contribution in [3.63, 3.8) is 0 Å². The molecule has 0 bridgehead atoms. The van der Waals surface area contributed by atoms with Crippen LogP contribution >= 0.6 is 0 Å². The molecule has 7 nitrogen and oxygen atoms in total. The second kappa shape index (κ2) is 7.75. The van der Waals surface area contributed by atoms with Gasteiger partial charge in [-0.2, -0.15) is 0 Å². The van der Waals surface area contributed by atoms with E-state index in [0.29, 0.717) is 16.7 Å². The van der Waals surface area contributed by atoms with E-state index in [0.717, 1.165) is 0 Å². The smallest absolute Gasteiger partial charge is 0.337 e. The van der Waals surface area contributed by atoms with Crippen LogP contribution < -0.4 is 5.32 Å². The number of nitro groups is 1. The molecule has 0 unspecified atom stereocenters. The van der Waals surface area contributed by atoms with Crippen LogP contribution in [0.3, 0.4) is 0 Å². The molecule has 2 rings (SSSR count). The lowest BCUT2D eigenvalue weighted by atomic mass is 10.1. The van der Waals surface area contributed by atoms with Crippen molar-refractivity contribution in [1.29, 1.82) is 0 Å². The van der Waals surface area contributed by atoms with Crippen molar-refractivity contribution in [2.24, 2.45) is 0 Å². The number of non-ortho nitro benzene ring substituents is 1. The largest absolute Gasteiger partial charge is 0.465 e. The molecule has 2 aromatic rings. The van der Waals surface area contributed by atoms with Gasteiger partial charge in [0.2, 0.25) is 5.91 Å². The lowest BCUT2D eigenvalue weighted by molar-refractivity contribution is -0.384. The van der Waals surface area contributed by atoms with Crippen LogP contribution in [0.15, 0.2) is 42.5 Å². The zero-order valence-electron chi connectivity index (χ0n) is 13.5. The number of rotatable bonds is 3. The molecule has 7 heteroatoms. The van der Waals surface area contributed by atoms with Gasteiger partial charge in [-0.15, -0.1) is 0 Å². The Morgan fingerprint density at radius 3 is 2.56 bits per heavy atom. The molecule has 0 aromatic heterocycles. The van der Waals surface area contributed by atoms with Gasteiger partial charge in [-0.25, -0.2) is 4.79 Å². The Kier molecular flexibility index (Phi) is 5.48. The number of hydrogen-bond donors (Lipinski definition) is 1. The SMILES string of the molecule is COC(=O)c1cccc(C#Cc2ccc([N+](=O)[O-])cc2NC(C)=O)c1. The predicted octanol–water partition coefficient (Wildman–Crippen LogP) is 2.74. The van der Waals surface area contributed by atoms with Gasteiger partial charge in [-0.3, -0.25) is 14.9 Å². The number of carbonyl (C=O) groups excluding carboxylic acids is 2. The summed E-state index contributed by atoms with van der Waals surface area (Å²) in [7, 11) is 1.29. The number of hydrogen-bond acceptors (Lipinski definition) is 5. The summed E-state index contributed by atoms with van der Waals surface area (Å²) in [5, 5.41) is 13.4. The molecular weight excluding hydrogens is 324 g/mol. The van der Waals surface area contributed by atoms with Crippen LogP contribution in [0.2, 0.25) is 0 Å². The van der Waals surface area contributed by atoms with Gasteiger partial charge < -0.3 is 10.1 Å². The summed E-state index contributed by atoms with van der Waals surface area (Å²) in [5.41, 5.74) is 1.44. The van der Waals surface area contributed by atoms with Crippen molar-refractivity contribution in [3.8, 4) is 11.8 Å². The Morgan fingerprint density at radius 2 is 1.92 bits per heavy atom. The quantitative estimate of drug-likeness (QED) is 0.401. The van der Waals surface area contributed by atoms with Crippen molar-refractivity contribution >= 4 is 23.3 Å². The summed E-state index contributed by atoms with van der Waals surface area (Å²) in [5.74, 6) is 4.87. The first-order chi connectivity index (χ1) is 11.9. The number of benzene rings is 2. The molecule has 2 aromatic carbocycles. The third-order valence-electron chi connectivity index (χ3n) is 3.15. The normalized spacial score (nSPS) is 9.52. The molecule has 0 saturated heterocycles. The van der Waals surface area contributed by atoms with E-state index in [9.17, 15) is 19.7 Å². The average Bonchev–Trinajstić information content (AvgIpc) is 2.59. The predicted molar refractivity (Wildman–Crippen MR) is 91.2 cm³/mol. The molecule has 0 spiro atoms. The molecule has 0 fully saturated rings. The topological polar surface area (TPSA) is 98.5 Å². The summed E-state index contributed by atoms with van der Waals surface area (Å²) in [6.07, 6.45) is 0. The van der Waals surface area contributed by atoms with Crippen molar-refractivity contribution in [1.82, 2.24) is 0 Å². The minimum atomic E-state index is -0.553.